The van der Waals surface area contributed by atoms with E-state index in [0.717, 1.165) is 51.7 Å². The van der Waals surface area contributed by atoms with E-state index in [0.29, 0.717) is 11.8 Å². The first-order valence-corrected chi connectivity index (χ1v) is 6.44. The molecule has 0 saturated carbocycles. The molecule has 4 heteroatoms. The van der Waals surface area contributed by atoms with Gasteiger partial charge in [-0.1, -0.05) is 0 Å². The highest BCUT2D eigenvalue weighted by molar-refractivity contribution is 5.82. The van der Waals surface area contributed by atoms with E-state index in [9.17, 15) is 4.79 Å². The van der Waals surface area contributed by atoms with Crippen molar-refractivity contribution in [2.45, 2.75) is 38.1 Å². The second-order valence-electron chi connectivity index (χ2n) is 4.93. The lowest BCUT2D eigenvalue weighted by Gasteiger charge is -2.33. The van der Waals surface area contributed by atoms with Crippen molar-refractivity contribution in [1.82, 2.24) is 10.2 Å². The number of amides is 1. The number of hydrogen-bond acceptors (Lipinski definition) is 3. The molecular weight excluding hydrogens is 204 g/mol. The molecule has 2 rings (SSSR count). The Balaban J connectivity index is 1.77. The molecule has 0 aromatic rings. The van der Waals surface area contributed by atoms with Gasteiger partial charge in [-0.3, -0.25) is 4.79 Å². The van der Waals surface area contributed by atoms with Crippen molar-refractivity contribution in [2.24, 2.45) is 5.92 Å². The highest BCUT2D eigenvalue weighted by atomic mass is 16.3. The van der Waals surface area contributed by atoms with Gasteiger partial charge in [-0.25, -0.2) is 0 Å². The highest BCUT2D eigenvalue weighted by Gasteiger charge is 2.29. The Labute approximate surface area is 97.0 Å². The Bertz CT molecular complexity index is 231. The lowest BCUT2D eigenvalue weighted by molar-refractivity contribution is -0.134. The van der Waals surface area contributed by atoms with Crippen molar-refractivity contribution >= 4 is 5.91 Å². The molecule has 1 amide bonds. The van der Waals surface area contributed by atoms with Crippen LogP contribution in [0.2, 0.25) is 0 Å². The minimum Gasteiger partial charge on any atom is -0.396 e. The van der Waals surface area contributed by atoms with E-state index in [2.05, 4.69) is 5.32 Å². The minimum atomic E-state index is 0.0781. The average Bonchev–Trinajstić information content (AvgIpc) is 2.83. The summed E-state index contributed by atoms with van der Waals surface area (Å²) in [6, 6.07) is 0.0781. The summed E-state index contributed by atoms with van der Waals surface area (Å²) in [6.45, 7) is 3.02. The molecule has 0 radical (unpaired) electrons. The molecule has 0 unspecified atom stereocenters. The molecule has 2 fully saturated rings. The molecule has 0 bridgehead atoms. The summed E-state index contributed by atoms with van der Waals surface area (Å²) in [5.74, 6) is 0.908. The third-order valence-electron chi connectivity index (χ3n) is 3.82. The van der Waals surface area contributed by atoms with Crippen LogP contribution in [0.5, 0.6) is 0 Å². The van der Waals surface area contributed by atoms with Crippen molar-refractivity contribution in [3.8, 4) is 0 Å². The van der Waals surface area contributed by atoms with Gasteiger partial charge in [0.05, 0.1) is 6.04 Å². The lowest BCUT2D eigenvalue weighted by atomic mass is 9.93. The third kappa shape index (κ3) is 2.74. The zero-order valence-corrected chi connectivity index (χ0v) is 9.82. The Morgan fingerprint density at radius 1 is 1.31 bits per heavy atom. The number of nitrogens with one attached hydrogen (secondary N) is 1. The molecule has 0 aromatic carbocycles. The molecule has 92 valence electrons. The van der Waals surface area contributed by atoms with Gasteiger partial charge in [-0.05, 0) is 44.6 Å². The van der Waals surface area contributed by atoms with Gasteiger partial charge in [0.15, 0.2) is 0 Å². The van der Waals surface area contributed by atoms with Gasteiger partial charge in [0.1, 0.15) is 0 Å². The van der Waals surface area contributed by atoms with Crippen LogP contribution >= 0.6 is 0 Å². The molecule has 2 aliphatic heterocycles. The molecule has 2 saturated heterocycles. The number of hydrogen-bond donors (Lipinski definition) is 2. The zero-order valence-electron chi connectivity index (χ0n) is 9.82. The predicted octanol–water partition coefficient (Wildman–Crippen LogP) is 0.359. The Morgan fingerprint density at radius 3 is 2.62 bits per heavy atom. The van der Waals surface area contributed by atoms with E-state index in [4.69, 9.17) is 5.11 Å². The topological polar surface area (TPSA) is 52.6 Å². The Hall–Kier alpha value is -0.610. The van der Waals surface area contributed by atoms with E-state index < -0.39 is 0 Å². The lowest BCUT2D eigenvalue weighted by Crippen LogP contribution is -2.47. The Kier molecular flexibility index (Phi) is 4.18. The molecule has 0 aliphatic carbocycles. The number of nitrogens with zero attached hydrogens (tertiary/aromatic N) is 1. The van der Waals surface area contributed by atoms with Crippen LogP contribution in [-0.2, 0) is 4.79 Å². The number of carbonyl (C=O) groups excluding carboxylic acids is 1. The summed E-state index contributed by atoms with van der Waals surface area (Å²) >= 11 is 0. The van der Waals surface area contributed by atoms with Crippen LogP contribution in [0.4, 0.5) is 0 Å². The van der Waals surface area contributed by atoms with Crippen LogP contribution in [0.25, 0.3) is 0 Å². The molecule has 1 atom stereocenters. The van der Waals surface area contributed by atoms with Crippen LogP contribution in [0.15, 0.2) is 0 Å². The number of aliphatic hydroxyl groups is 1. The van der Waals surface area contributed by atoms with Gasteiger partial charge in [0, 0.05) is 19.7 Å². The standard InChI is InChI=1S/C12H22N2O2/c15-9-5-10-3-7-14(8-4-10)12(16)11-2-1-6-13-11/h10-11,13,15H,1-9H2/t11-/m0/s1. The van der Waals surface area contributed by atoms with Crippen LogP contribution < -0.4 is 5.32 Å². The molecule has 4 nitrogen and oxygen atoms in total. The van der Waals surface area contributed by atoms with Crippen LogP contribution in [-0.4, -0.2) is 48.2 Å². The van der Waals surface area contributed by atoms with Crippen molar-refractivity contribution in [3.05, 3.63) is 0 Å². The van der Waals surface area contributed by atoms with Gasteiger partial charge < -0.3 is 15.3 Å². The van der Waals surface area contributed by atoms with Gasteiger partial charge in [-0.15, -0.1) is 0 Å². The summed E-state index contributed by atoms with van der Waals surface area (Å²) in [7, 11) is 0. The molecule has 2 aliphatic rings. The summed E-state index contributed by atoms with van der Waals surface area (Å²) in [5.41, 5.74) is 0. The van der Waals surface area contributed by atoms with E-state index in [1.807, 2.05) is 4.90 Å². The van der Waals surface area contributed by atoms with Gasteiger partial charge in [0.25, 0.3) is 0 Å². The number of rotatable bonds is 3. The fraction of sp³-hybridized carbons (Fsp3) is 0.917. The second kappa shape index (κ2) is 5.64. The fourth-order valence-corrected chi connectivity index (χ4v) is 2.74. The minimum absolute atomic E-state index is 0.0781. The number of aliphatic hydroxyl groups excluding tert-OH is 1. The number of likely N-dealkylation sites (tertiary alicyclic amines) is 1. The summed E-state index contributed by atoms with van der Waals surface area (Å²) in [6.07, 6.45) is 5.12. The van der Waals surface area contributed by atoms with Gasteiger partial charge in [0.2, 0.25) is 5.91 Å². The molecule has 0 spiro atoms. The first-order chi connectivity index (χ1) is 7.81. The van der Waals surface area contributed by atoms with Crippen LogP contribution in [0, 0.1) is 5.92 Å². The average molecular weight is 226 g/mol. The summed E-state index contributed by atoms with van der Waals surface area (Å²) in [4.78, 5) is 14.1. The smallest absolute Gasteiger partial charge is 0.239 e. The van der Waals surface area contributed by atoms with Crippen molar-refractivity contribution in [3.63, 3.8) is 0 Å². The maximum Gasteiger partial charge on any atom is 0.239 e. The monoisotopic (exact) mass is 226 g/mol. The molecule has 2 N–H and O–H groups in total. The normalized spacial score (nSPS) is 27.3. The zero-order chi connectivity index (χ0) is 11.4. The largest absolute Gasteiger partial charge is 0.396 e. The van der Waals surface area contributed by atoms with Crippen molar-refractivity contribution in [1.29, 1.82) is 0 Å². The maximum atomic E-state index is 12.1. The first-order valence-electron chi connectivity index (χ1n) is 6.44. The molecule has 2 heterocycles. The molecule has 0 aromatic heterocycles. The molecular formula is C12H22N2O2. The van der Waals surface area contributed by atoms with E-state index in [1.54, 1.807) is 0 Å². The van der Waals surface area contributed by atoms with Crippen molar-refractivity contribution < 1.29 is 9.90 Å². The van der Waals surface area contributed by atoms with E-state index in [-0.39, 0.29) is 12.6 Å². The first kappa shape index (κ1) is 11.9. The quantitative estimate of drug-likeness (QED) is 0.730. The summed E-state index contributed by atoms with van der Waals surface area (Å²) < 4.78 is 0. The van der Waals surface area contributed by atoms with Crippen LogP contribution in [0.1, 0.15) is 32.1 Å². The number of piperidine rings is 1. The summed E-state index contributed by atoms with van der Waals surface area (Å²) in [5, 5.41) is 12.1. The third-order valence-corrected chi connectivity index (χ3v) is 3.82. The number of carbonyl (C=O) groups is 1. The van der Waals surface area contributed by atoms with E-state index in [1.165, 1.54) is 0 Å². The highest BCUT2D eigenvalue weighted by Crippen LogP contribution is 2.21. The van der Waals surface area contributed by atoms with Gasteiger partial charge >= 0.3 is 0 Å². The van der Waals surface area contributed by atoms with Crippen LogP contribution in [0.3, 0.4) is 0 Å². The molecule has 16 heavy (non-hydrogen) atoms. The van der Waals surface area contributed by atoms with Crippen molar-refractivity contribution in [2.75, 3.05) is 26.2 Å². The maximum absolute atomic E-state index is 12.1. The van der Waals surface area contributed by atoms with E-state index >= 15 is 0 Å². The Morgan fingerprint density at radius 2 is 2.06 bits per heavy atom. The second-order valence-corrected chi connectivity index (χ2v) is 4.93. The SMILES string of the molecule is O=C([C@@H]1CCCN1)N1CCC(CCO)CC1. The fourth-order valence-electron chi connectivity index (χ4n) is 2.74. The van der Waals surface area contributed by atoms with Gasteiger partial charge in [-0.2, -0.15) is 0 Å². The predicted molar refractivity (Wildman–Crippen MR) is 62.0 cm³/mol.